The quantitative estimate of drug-likeness (QED) is 0.188. The number of aryl methyl sites for hydroxylation is 1. The zero-order valence-electron chi connectivity index (χ0n) is 17.6. The van der Waals surface area contributed by atoms with E-state index in [-0.39, 0.29) is 12.4 Å². The van der Waals surface area contributed by atoms with Gasteiger partial charge in [-0.3, -0.25) is 10.1 Å². The molecule has 0 aliphatic heterocycles. The summed E-state index contributed by atoms with van der Waals surface area (Å²) in [5.74, 6) is 0.846. The molecule has 0 saturated carbocycles. The van der Waals surface area contributed by atoms with Crippen LogP contribution in [0.1, 0.15) is 37.2 Å². The van der Waals surface area contributed by atoms with Crippen molar-refractivity contribution in [3.05, 3.63) is 68.5 Å². The summed E-state index contributed by atoms with van der Waals surface area (Å²) >= 11 is 7.41. The van der Waals surface area contributed by atoms with Crippen molar-refractivity contribution in [2.75, 3.05) is 6.61 Å². The molecule has 1 heterocycles. The van der Waals surface area contributed by atoms with Gasteiger partial charge in [-0.15, -0.1) is 10.2 Å². The lowest BCUT2D eigenvalue weighted by Crippen LogP contribution is -2.01. The largest absolute Gasteiger partial charge is 0.500 e. The van der Waals surface area contributed by atoms with E-state index in [2.05, 4.69) is 15.3 Å². The third-order valence-electron chi connectivity index (χ3n) is 4.33. The van der Waals surface area contributed by atoms with Gasteiger partial charge in [-0.1, -0.05) is 42.4 Å². The second-order valence-electron chi connectivity index (χ2n) is 6.70. The van der Waals surface area contributed by atoms with Gasteiger partial charge in [0.2, 0.25) is 10.9 Å². The molecule has 32 heavy (non-hydrogen) atoms. The molecule has 0 atom stereocenters. The number of nitro benzene ring substituents is 1. The number of phenolic OH excluding ortho intramolecular Hbond substituents is 1. The van der Waals surface area contributed by atoms with Crippen LogP contribution in [0, 0.1) is 10.1 Å². The minimum atomic E-state index is -0.663. The standard InChI is InChI=1S/C21H22ClN5O4S/c1-3-5-19-24-25-21(32-13-14-6-8-16(22)9-7-14)26(19)23-12-15-10-17(27(29)30)20(28)18(11-15)31-4-2/h6-12,28H,3-5,13H2,1-2H3/b23-12-. The first kappa shape index (κ1) is 23.6. The smallest absolute Gasteiger partial charge is 0.315 e. The zero-order valence-corrected chi connectivity index (χ0v) is 19.1. The van der Waals surface area contributed by atoms with Crippen molar-refractivity contribution in [1.82, 2.24) is 14.9 Å². The molecule has 2 aromatic carbocycles. The number of halogens is 1. The number of rotatable bonds is 10. The number of aromatic hydroxyl groups is 1. The van der Waals surface area contributed by atoms with Crippen LogP contribution < -0.4 is 4.74 Å². The maximum atomic E-state index is 11.3. The molecule has 0 saturated heterocycles. The van der Waals surface area contributed by atoms with Crippen LogP contribution in [0.5, 0.6) is 11.5 Å². The average molecular weight is 476 g/mol. The minimum absolute atomic E-state index is 0.0259. The first-order chi connectivity index (χ1) is 15.4. The molecule has 0 spiro atoms. The van der Waals surface area contributed by atoms with Gasteiger partial charge in [0, 0.05) is 28.8 Å². The van der Waals surface area contributed by atoms with Gasteiger partial charge in [-0.2, -0.15) is 9.78 Å². The van der Waals surface area contributed by atoms with Crippen molar-refractivity contribution in [3.8, 4) is 11.5 Å². The molecule has 9 nitrogen and oxygen atoms in total. The predicted molar refractivity (Wildman–Crippen MR) is 124 cm³/mol. The molecule has 0 aliphatic rings. The Balaban J connectivity index is 1.90. The lowest BCUT2D eigenvalue weighted by atomic mass is 10.2. The number of nitrogens with zero attached hydrogens (tertiary/aromatic N) is 5. The number of benzene rings is 2. The Hall–Kier alpha value is -3.11. The van der Waals surface area contributed by atoms with E-state index in [0.717, 1.165) is 12.0 Å². The topological polar surface area (TPSA) is 116 Å². The first-order valence-corrected chi connectivity index (χ1v) is 11.3. The van der Waals surface area contributed by atoms with Gasteiger partial charge in [0.15, 0.2) is 11.6 Å². The predicted octanol–water partition coefficient (Wildman–Crippen LogP) is 5.07. The highest BCUT2D eigenvalue weighted by Crippen LogP contribution is 2.36. The van der Waals surface area contributed by atoms with Crippen molar-refractivity contribution in [1.29, 1.82) is 0 Å². The summed E-state index contributed by atoms with van der Waals surface area (Å²) in [5, 5.41) is 35.6. The van der Waals surface area contributed by atoms with Crippen LogP contribution in [0.2, 0.25) is 5.02 Å². The summed E-state index contributed by atoms with van der Waals surface area (Å²) in [6.45, 7) is 4.01. The fourth-order valence-corrected chi connectivity index (χ4v) is 3.81. The lowest BCUT2D eigenvalue weighted by Gasteiger charge is -2.08. The SMILES string of the molecule is CCCc1nnc(SCc2ccc(Cl)cc2)n1/N=C\c1cc(OCC)c(O)c([N+](=O)[O-])c1. The van der Waals surface area contributed by atoms with Crippen LogP contribution in [-0.4, -0.2) is 37.7 Å². The average Bonchev–Trinajstić information content (AvgIpc) is 3.15. The maximum Gasteiger partial charge on any atom is 0.315 e. The number of hydrogen-bond donors (Lipinski definition) is 1. The second kappa shape index (κ2) is 11.0. The van der Waals surface area contributed by atoms with Crippen LogP contribution in [-0.2, 0) is 12.2 Å². The molecule has 0 amide bonds. The van der Waals surface area contributed by atoms with E-state index in [1.54, 1.807) is 11.6 Å². The van der Waals surface area contributed by atoms with E-state index in [1.165, 1.54) is 30.1 Å². The number of hydrogen-bond acceptors (Lipinski definition) is 8. The molecule has 1 N–H and O–H groups in total. The lowest BCUT2D eigenvalue weighted by molar-refractivity contribution is -0.386. The Morgan fingerprint density at radius 1 is 1.28 bits per heavy atom. The van der Waals surface area contributed by atoms with Gasteiger partial charge in [0.25, 0.3) is 0 Å². The van der Waals surface area contributed by atoms with Crippen LogP contribution in [0.15, 0.2) is 46.7 Å². The summed E-state index contributed by atoms with van der Waals surface area (Å²) in [5.41, 5.74) is 1.03. The molecule has 1 aromatic heterocycles. The maximum absolute atomic E-state index is 11.3. The van der Waals surface area contributed by atoms with Gasteiger partial charge in [-0.25, -0.2) is 0 Å². The van der Waals surface area contributed by atoms with Crippen LogP contribution in [0.4, 0.5) is 5.69 Å². The van der Waals surface area contributed by atoms with E-state index >= 15 is 0 Å². The summed E-state index contributed by atoms with van der Waals surface area (Å²) < 4.78 is 6.95. The Labute approximate surface area is 194 Å². The number of ether oxygens (including phenoxy) is 1. The third-order valence-corrected chi connectivity index (χ3v) is 5.57. The van der Waals surface area contributed by atoms with Gasteiger partial charge in [0.1, 0.15) is 0 Å². The Morgan fingerprint density at radius 3 is 2.69 bits per heavy atom. The van der Waals surface area contributed by atoms with Crippen molar-refractivity contribution >= 4 is 35.3 Å². The molecular formula is C21H22ClN5O4S. The third kappa shape index (κ3) is 5.77. The van der Waals surface area contributed by atoms with Crippen LogP contribution >= 0.6 is 23.4 Å². The molecule has 0 aliphatic carbocycles. The Morgan fingerprint density at radius 2 is 2.03 bits per heavy atom. The van der Waals surface area contributed by atoms with E-state index in [4.69, 9.17) is 16.3 Å². The van der Waals surface area contributed by atoms with Crippen molar-refractivity contribution in [3.63, 3.8) is 0 Å². The van der Waals surface area contributed by atoms with E-state index < -0.39 is 16.4 Å². The highest BCUT2D eigenvalue weighted by molar-refractivity contribution is 7.98. The zero-order chi connectivity index (χ0) is 23.1. The molecule has 3 aromatic rings. The Bertz CT molecular complexity index is 1120. The van der Waals surface area contributed by atoms with Crippen molar-refractivity contribution in [2.45, 2.75) is 37.6 Å². The summed E-state index contributed by atoms with van der Waals surface area (Å²) in [6, 6.07) is 10.3. The van der Waals surface area contributed by atoms with Crippen molar-refractivity contribution in [2.24, 2.45) is 5.10 Å². The van der Waals surface area contributed by atoms with Crippen molar-refractivity contribution < 1.29 is 14.8 Å². The molecule has 0 radical (unpaired) electrons. The molecule has 3 rings (SSSR count). The Kier molecular flexibility index (Phi) is 8.07. The number of nitro groups is 1. The number of phenols is 1. The molecular weight excluding hydrogens is 454 g/mol. The number of aromatic nitrogens is 3. The molecule has 0 unspecified atom stereocenters. The molecule has 0 bridgehead atoms. The van der Waals surface area contributed by atoms with Gasteiger partial charge >= 0.3 is 5.69 Å². The van der Waals surface area contributed by atoms with Gasteiger partial charge in [0.05, 0.1) is 17.7 Å². The summed E-state index contributed by atoms with van der Waals surface area (Å²) in [7, 11) is 0. The van der Waals surface area contributed by atoms with E-state index in [9.17, 15) is 15.2 Å². The normalized spacial score (nSPS) is 11.2. The molecule has 0 fully saturated rings. The van der Waals surface area contributed by atoms with Gasteiger partial charge < -0.3 is 9.84 Å². The van der Waals surface area contributed by atoms with Gasteiger partial charge in [-0.05, 0) is 37.1 Å². The molecule has 168 valence electrons. The highest BCUT2D eigenvalue weighted by Gasteiger charge is 2.20. The van der Waals surface area contributed by atoms with Crippen LogP contribution in [0.25, 0.3) is 0 Å². The highest BCUT2D eigenvalue weighted by atomic mass is 35.5. The fraction of sp³-hybridized carbons (Fsp3) is 0.286. The fourth-order valence-electron chi connectivity index (χ4n) is 2.83. The second-order valence-corrected chi connectivity index (χ2v) is 8.08. The molecule has 11 heteroatoms. The monoisotopic (exact) mass is 475 g/mol. The van der Waals surface area contributed by atoms with Crippen LogP contribution in [0.3, 0.4) is 0 Å². The number of thioether (sulfide) groups is 1. The van der Waals surface area contributed by atoms with E-state index in [0.29, 0.717) is 33.7 Å². The summed E-state index contributed by atoms with van der Waals surface area (Å²) in [4.78, 5) is 10.6. The first-order valence-electron chi connectivity index (χ1n) is 9.93. The van der Waals surface area contributed by atoms with E-state index in [1.807, 2.05) is 31.2 Å². The minimum Gasteiger partial charge on any atom is -0.500 e. The summed E-state index contributed by atoms with van der Waals surface area (Å²) in [6.07, 6.45) is 2.99.